The van der Waals surface area contributed by atoms with Crippen LogP contribution < -0.4 is 10.6 Å². The van der Waals surface area contributed by atoms with E-state index in [4.69, 9.17) is 5.73 Å². The summed E-state index contributed by atoms with van der Waals surface area (Å²) < 4.78 is 0. The summed E-state index contributed by atoms with van der Waals surface area (Å²) in [5.41, 5.74) is 5.90. The second-order valence-electron chi connectivity index (χ2n) is 4.86. The molecule has 0 saturated carbocycles. The lowest BCUT2D eigenvalue weighted by Crippen LogP contribution is -2.40. The number of nitrogens with zero attached hydrogens (tertiary/aromatic N) is 3. The van der Waals surface area contributed by atoms with E-state index in [1.54, 1.807) is 0 Å². The van der Waals surface area contributed by atoms with Gasteiger partial charge >= 0.3 is 0 Å². The second kappa shape index (κ2) is 5.49. The molecule has 0 unspecified atom stereocenters. The number of H-pyrrole nitrogens is 1. The molecule has 5 heteroatoms. The van der Waals surface area contributed by atoms with Crippen molar-refractivity contribution in [3.8, 4) is 0 Å². The average Bonchev–Trinajstić information content (AvgIpc) is 2.81. The summed E-state index contributed by atoms with van der Waals surface area (Å²) in [6, 6.07) is 0.351. The summed E-state index contributed by atoms with van der Waals surface area (Å²) in [6.07, 6.45) is 4.29. The molecular formula is C12H23N5. The van der Waals surface area contributed by atoms with Crippen LogP contribution in [0, 0.1) is 0 Å². The minimum atomic E-state index is 0.351. The van der Waals surface area contributed by atoms with Gasteiger partial charge in [0.25, 0.3) is 0 Å². The van der Waals surface area contributed by atoms with Crippen molar-refractivity contribution in [1.29, 1.82) is 0 Å². The number of nitrogens with one attached hydrogen (secondary N) is 1. The number of piperidine rings is 1. The van der Waals surface area contributed by atoms with Crippen LogP contribution in [0.1, 0.15) is 51.3 Å². The second-order valence-corrected chi connectivity index (χ2v) is 4.86. The molecule has 0 bridgehead atoms. The first-order valence-corrected chi connectivity index (χ1v) is 6.67. The lowest BCUT2D eigenvalue weighted by Gasteiger charge is -2.28. The van der Waals surface area contributed by atoms with Gasteiger partial charge in [-0.1, -0.05) is 13.8 Å². The third kappa shape index (κ3) is 2.77. The van der Waals surface area contributed by atoms with Gasteiger partial charge in [0.2, 0.25) is 5.95 Å². The van der Waals surface area contributed by atoms with Gasteiger partial charge in [-0.05, 0) is 25.7 Å². The van der Waals surface area contributed by atoms with Crippen molar-refractivity contribution >= 4 is 5.95 Å². The fourth-order valence-electron chi connectivity index (χ4n) is 2.36. The van der Waals surface area contributed by atoms with E-state index < -0.39 is 0 Å². The zero-order valence-corrected chi connectivity index (χ0v) is 10.8. The third-order valence-electron chi connectivity index (χ3n) is 3.69. The Morgan fingerprint density at radius 3 is 2.59 bits per heavy atom. The molecule has 0 spiro atoms. The van der Waals surface area contributed by atoms with E-state index in [9.17, 15) is 0 Å². The summed E-state index contributed by atoms with van der Waals surface area (Å²) in [7, 11) is 0. The van der Waals surface area contributed by atoms with E-state index in [-0.39, 0.29) is 0 Å². The Balaban J connectivity index is 2.02. The molecule has 0 amide bonds. The van der Waals surface area contributed by atoms with Crippen LogP contribution >= 0.6 is 0 Å². The average molecular weight is 237 g/mol. The van der Waals surface area contributed by atoms with Crippen LogP contribution in [0.2, 0.25) is 0 Å². The maximum Gasteiger partial charge on any atom is 0.244 e. The van der Waals surface area contributed by atoms with Gasteiger partial charge in [0.15, 0.2) is 0 Å². The number of hydrogen-bond donors (Lipinski definition) is 2. The number of nitrogens with two attached hydrogens (primary N) is 1. The molecule has 1 saturated heterocycles. The Bertz CT molecular complexity index is 336. The van der Waals surface area contributed by atoms with Crippen molar-refractivity contribution in [2.45, 2.75) is 51.5 Å². The lowest BCUT2D eigenvalue weighted by molar-refractivity contribution is 0.495. The molecule has 2 heterocycles. The van der Waals surface area contributed by atoms with Crippen molar-refractivity contribution in [2.24, 2.45) is 5.73 Å². The van der Waals surface area contributed by atoms with Crippen LogP contribution in [-0.4, -0.2) is 34.3 Å². The first-order valence-electron chi connectivity index (χ1n) is 6.67. The molecule has 0 aromatic carbocycles. The van der Waals surface area contributed by atoms with E-state index >= 15 is 0 Å². The van der Waals surface area contributed by atoms with E-state index in [2.05, 4.69) is 33.9 Å². The van der Waals surface area contributed by atoms with E-state index in [0.717, 1.165) is 50.5 Å². The van der Waals surface area contributed by atoms with Gasteiger partial charge in [-0.3, -0.25) is 5.10 Å². The number of hydrogen-bond acceptors (Lipinski definition) is 4. The summed E-state index contributed by atoms with van der Waals surface area (Å²) in [5, 5.41) is 7.41. The molecule has 0 aliphatic carbocycles. The number of anilines is 1. The molecule has 1 aliphatic heterocycles. The predicted octanol–water partition coefficient (Wildman–Crippen LogP) is 1.64. The van der Waals surface area contributed by atoms with Crippen LogP contribution in [0.4, 0.5) is 5.95 Å². The van der Waals surface area contributed by atoms with Crippen LogP contribution in [-0.2, 0) is 0 Å². The maximum atomic E-state index is 5.90. The quantitative estimate of drug-likeness (QED) is 0.835. The monoisotopic (exact) mass is 237 g/mol. The molecule has 17 heavy (non-hydrogen) atoms. The van der Waals surface area contributed by atoms with Gasteiger partial charge in [-0.2, -0.15) is 4.98 Å². The van der Waals surface area contributed by atoms with Crippen molar-refractivity contribution in [2.75, 3.05) is 18.0 Å². The Labute approximate surface area is 103 Å². The zero-order valence-electron chi connectivity index (χ0n) is 10.8. The first kappa shape index (κ1) is 12.4. The highest BCUT2D eigenvalue weighted by Gasteiger charge is 2.20. The van der Waals surface area contributed by atoms with Gasteiger partial charge in [-0.15, -0.1) is 5.10 Å². The minimum absolute atomic E-state index is 0.351. The third-order valence-corrected chi connectivity index (χ3v) is 3.69. The SMILES string of the molecule is CCC(CC)c1nc(N2CCC(N)CC2)n[nH]1. The highest BCUT2D eigenvalue weighted by atomic mass is 15.4. The van der Waals surface area contributed by atoms with Crippen molar-refractivity contribution in [3.05, 3.63) is 5.82 Å². The largest absolute Gasteiger partial charge is 0.339 e. The fraction of sp³-hybridized carbons (Fsp3) is 0.833. The van der Waals surface area contributed by atoms with E-state index in [0.29, 0.717) is 12.0 Å². The molecule has 5 nitrogen and oxygen atoms in total. The summed E-state index contributed by atoms with van der Waals surface area (Å²) in [4.78, 5) is 6.85. The van der Waals surface area contributed by atoms with Crippen LogP contribution in [0.15, 0.2) is 0 Å². The van der Waals surface area contributed by atoms with Crippen molar-refractivity contribution in [1.82, 2.24) is 15.2 Å². The minimum Gasteiger partial charge on any atom is -0.339 e. The Morgan fingerprint density at radius 1 is 1.35 bits per heavy atom. The fourth-order valence-corrected chi connectivity index (χ4v) is 2.36. The van der Waals surface area contributed by atoms with Crippen LogP contribution in [0.3, 0.4) is 0 Å². The molecule has 0 atom stereocenters. The lowest BCUT2D eigenvalue weighted by atomic mass is 10.0. The van der Waals surface area contributed by atoms with Crippen LogP contribution in [0.25, 0.3) is 0 Å². The molecule has 96 valence electrons. The van der Waals surface area contributed by atoms with Gasteiger partial charge in [-0.25, -0.2) is 0 Å². The molecule has 1 fully saturated rings. The zero-order chi connectivity index (χ0) is 12.3. The van der Waals surface area contributed by atoms with E-state index in [1.165, 1.54) is 0 Å². The van der Waals surface area contributed by atoms with Crippen molar-refractivity contribution in [3.63, 3.8) is 0 Å². The standard InChI is InChI=1S/C12H23N5/c1-3-9(4-2)11-14-12(16-15-11)17-7-5-10(13)6-8-17/h9-10H,3-8,13H2,1-2H3,(H,14,15,16). The Morgan fingerprint density at radius 2 is 2.00 bits per heavy atom. The molecule has 1 aliphatic rings. The highest BCUT2D eigenvalue weighted by Crippen LogP contribution is 2.22. The molecule has 1 aromatic heterocycles. The molecule has 1 aromatic rings. The molecular weight excluding hydrogens is 214 g/mol. The van der Waals surface area contributed by atoms with Crippen LogP contribution in [0.5, 0.6) is 0 Å². The van der Waals surface area contributed by atoms with Gasteiger partial charge in [0, 0.05) is 25.0 Å². The Kier molecular flexibility index (Phi) is 3.99. The van der Waals surface area contributed by atoms with Gasteiger partial charge in [0.1, 0.15) is 5.82 Å². The smallest absolute Gasteiger partial charge is 0.244 e. The maximum absolute atomic E-state index is 5.90. The van der Waals surface area contributed by atoms with Gasteiger partial charge < -0.3 is 10.6 Å². The molecule has 0 radical (unpaired) electrons. The topological polar surface area (TPSA) is 70.8 Å². The highest BCUT2D eigenvalue weighted by molar-refractivity contribution is 5.30. The first-order chi connectivity index (χ1) is 8.24. The predicted molar refractivity (Wildman–Crippen MR) is 69.1 cm³/mol. The van der Waals surface area contributed by atoms with E-state index in [1.807, 2.05) is 0 Å². The summed E-state index contributed by atoms with van der Waals surface area (Å²) >= 11 is 0. The summed E-state index contributed by atoms with van der Waals surface area (Å²) in [5.74, 6) is 2.38. The number of aromatic amines is 1. The number of aromatic nitrogens is 3. The van der Waals surface area contributed by atoms with Crippen molar-refractivity contribution < 1.29 is 0 Å². The normalized spacial score (nSPS) is 18.0. The molecule has 3 N–H and O–H groups in total. The molecule has 2 rings (SSSR count). The number of rotatable bonds is 4. The Hall–Kier alpha value is -1.10. The van der Waals surface area contributed by atoms with Gasteiger partial charge in [0.05, 0.1) is 0 Å². The summed E-state index contributed by atoms with van der Waals surface area (Å²) in [6.45, 7) is 6.33.